The van der Waals surface area contributed by atoms with Crippen LogP contribution in [0.1, 0.15) is 103 Å². The van der Waals surface area contributed by atoms with Gasteiger partial charge in [-0.1, -0.05) is 201 Å². The van der Waals surface area contributed by atoms with Crippen molar-refractivity contribution in [2.24, 2.45) is 0 Å². The van der Waals surface area contributed by atoms with E-state index in [1.807, 2.05) is 0 Å². The molecule has 0 amide bonds. The van der Waals surface area contributed by atoms with Gasteiger partial charge in [-0.25, -0.2) is 4.98 Å². The highest BCUT2D eigenvalue weighted by atomic mass is 16.5. The first-order valence-corrected chi connectivity index (χ1v) is 34.5. The van der Waals surface area contributed by atoms with E-state index in [0.717, 1.165) is 133 Å². The molecule has 0 bridgehead atoms. The minimum Gasteiger partial charge on any atom is -0.440 e. The van der Waals surface area contributed by atoms with Crippen molar-refractivity contribution in [3.8, 4) is 23.3 Å². The molecule has 462 valence electrons. The summed E-state index contributed by atoms with van der Waals surface area (Å²) in [6, 6.07) is 88.7. The molecule has 8 heterocycles. The lowest BCUT2D eigenvalue weighted by Gasteiger charge is -2.46. The molecule has 0 atom stereocenters. The summed E-state index contributed by atoms with van der Waals surface area (Å²) in [5, 5.41) is 4.75. The molecule has 4 aliphatic heterocycles. The van der Waals surface area contributed by atoms with Gasteiger partial charge in [-0.05, 0) is 170 Å². The minimum absolute atomic E-state index is 0.0106. The summed E-state index contributed by atoms with van der Waals surface area (Å²) in [6.07, 6.45) is 4.53. The van der Waals surface area contributed by atoms with Gasteiger partial charge in [0.1, 0.15) is 23.2 Å². The number of rotatable bonds is 5. The number of aromatic nitrogens is 4. The fourth-order valence-electron chi connectivity index (χ4n) is 18.2. The number of nitrogens with zero attached hydrogens (tertiary/aromatic N) is 7. The molecule has 14 aromatic rings. The predicted octanol–water partition coefficient (Wildman–Crippen LogP) is 17.9. The summed E-state index contributed by atoms with van der Waals surface area (Å²) in [4.78, 5) is 19.5. The largest absolute Gasteiger partial charge is 0.440 e. The van der Waals surface area contributed by atoms with E-state index in [9.17, 15) is 0 Å². The van der Waals surface area contributed by atoms with Crippen LogP contribution in [0.15, 0.2) is 237 Å². The summed E-state index contributed by atoms with van der Waals surface area (Å²) in [6.45, 7) is 19.0. The Morgan fingerprint density at radius 2 is 0.740 bits per heavy atom. The highest BCUT2D eigenvalue weighted by molar-refractivity contribution is 7.02. The van der Waals surface area contributed by atoms with Crippen molar-refractivity contribution in [1.82, 2.24) is 19.1 Å². The Labute approximate surface area is 561 Å². The van der Waals surface area contributed by atoms with Crippen LogP contribution in [0, 0.1) is 0 Å². The van der Waals surface area contributed by atoms with E-state index in [0.29, 0.717) is 5.88 Å². The third kappa shape index (κ3) is 7.69. The Balaban J connectivity index is 0.869. The molecule has 0 unspecified atom stereocenters. The molecule has 0 saturated heterocycles. The standard InChI is InChI=1S/C86H71B2N7O/c1-83(2)42-44-85(5,6)61-46-53(38-40-59(61)83)91-71-36-22-16-30-63(71)87-65-48-66-76(49-73(65)93(52-24-10-9-11-25-52)81-79(87)74(91)50-77(89-81)94-67-32-18-12-26-55(67)56-27-13-19-33-68(56)94)96-82-80-75(51-78(90-82)95-69-34-20-14-28-57(69)58-29-15-21-35-70(58)95)92(72-37-23-17-31-64(72)88(66)80)54-39-41-60-62(47-54)86(7,8)45-43-84(60,3)4/h9-41,46-51H,42-45H2,1-8H3. The number of hydrogen-bond acceptors (Lipinski definition) is 6. The summed E-state index contributed by atoms with van der Waals surface area (Å²) >= 11 is 0. The van der Waals surface area contributed by atoms with Crippen molar-refractivity contribution in [1.29, 1.82) is 0 Å². The van der Waals surface area contributed by atoms with E-state index >= 15 is 0 Å². The molecule has 0 radical (unpaired) electrons. The lowest BCUT2D eigenvalue weighted by Crippen LogP contribution is -2.64. The Morgan fingerprint density at radius 1 is 0.323 bits per heavy atom. The van der Waals surface area contributed by atoms with Gasteiger partial charge >= 0.3 is 0 Å². The van der Waals surface area contributed by atoms with Crippen LogP contribution >= 0.6 is 0 Å². The van der Waals surface area contributed by atoms with Crippen LogP contribution < -0.4 is 52.2 Å². The second kappa shape index (κ2) is 19.5. The predicted molar refractivity (Wildman–Crippen MR) is 401 cm³/mol. The van der Waals surface area contributed by atoms with Crippen molar-refractivity contribution in [3.05, 3.63) is 259 Å². The van der Waals surface area contributed by atoms with Gasteiger partial charge in [0.15, 0.2) is 0 Å². The van der Waals surface area contributed by atoms with Gasteiger partial charge < -0.3 is 14.5 Å². The molecule has 6 aliphatic rings. The Kier molecular flexibility index (Phi) is 11.4. The van der Waals surface area contributed by atoms with Crippen LogP contribution in [0.4, 0.5) is 51.3 Å². The lowest BCUT2D eigenvalue weighted by atomic mass is 9.31. The van der Waals surface area contributed by atoms with Crippen LogP contribution in [0.3, 0.4) is 0 Å². The molecule has 0 fully saturated rings. The summed E-state index contributed by atoms with van der Waals surface area (Å²) in [5.74, 6) is 3.91. The molecule has 0 N–H and O–H groups in total. The zero-order chi connectivity index (χ0) is 64.5. The molecular weight excluding hydrogens is 1170 g/mol. The normalized spacial score (nSPS) is 16.9. The van der Waals surface area contributed by atoms with E-state index in [2.05, 4.69) is 316 Å². The first-order valence-electron chi connectivity index (χ1n) is 34.5. The van der Waals surface area contributed by atoms with Gasteiger partial charge in [0.25, 0.3) is 13.4 Å². The van der Waals surface area contributed by atoms with E-state index in [4.69, 9.17) is 14.7 Å². The van der Waals surface area contributed by atoms with Crippen molar-refractivity contribution in [3.63, 3.8) is 0 Å². The van der Waals surface area contributed by atoms with Crippen LogP contribution in [-0.2, 0) is 21.7 Å². The molecule has 96 heavy (non-hydrogen) atoms. The smallest absolute Gasteiger partial charge is 0.258 e. The van der Waals surface area contributed by atoms with Crippen LogP contribution in [-0.4, -0.2) is 32.5 Å². The molecule has 10 heteroatoms. The molecule has 8 nitrogen and oxygen atoms in total. The molecule has 0 saturated carbocycles. The number of para-hydroxylation sites is 7. The Morgan fingerprint density at radius 3 is 1.24 bits per heavy atom. The van der Waals surface area contributed by atoms with Crippen LogP contribution in [0.25, 0.3) is 55.2 Å². The number of fused-ring (bicyclic) bond motifs is 16. The molecular formula is C86H71B2N7O. The van der Waals surface area contributed by atoms with E-state index in [1.54, 1.807) is 0 Å². The molecule has 4 aromatic heterocycles. The molecule has 0 spiro atoms. The van der Waals surface area contributed by atoms with Gasteiger partial charge in [0, 0.05) is 85.0 Å². The quantitative estimate of drug-likeness (QED) is 0.160. The lowest BCUT2D eigenvalue weighted by molar-refractivity contribution is 0.332. The topological polar surface area (TPSA) is 54.6 Å². The van der Waals surface area contributed by atoms with Gasteiger partial charge in [-0.3, -0.25) is 14.0 Å². The van der Waals surface area contributed by atoms with E-state index < -0.39 is 0 Å². The van der Waals surface area contributed by atoms with Crippen LogP contribution in [0.2, 0.25) is 0 Å². The number of hydrogen-bond donors (Lipinski definition) is 0. The Hall–Kier alpha value is -10.6. The molecule has 20 rings (SSSR count). The van der Waals surface area contributed by atoms with Gasteiger partial charge in [0.2, 0.25) is 5.88 Å². The maximum Gasteiger partial charge on any atom is 0.258 e. The Bertz CT molecular complexity index is 5610. The minimum atomic E-state index is -0.246. The van der Waals surface area contributed by atoms with E-state index in [-0.39, 0.29) is 35.1 Å². The van der Waals surface area contributed by atoms with Crippen molar-refractivity contribution < 1.29 is 4.74 Å². The highest BCUT2D eigenvalue weighted by Gasteiger charge is 2.50. The third-order valence-electron chi connectivity index (χ3n) is 23.3. The van der Waals surface area contributed by atoms with Gasteiger partial charge in [-0.2, -0.15) is 4.98 Å². The number of ether oxygens (including phenoxy) is 1. The summed E-state index contributed by atoms with van der Waals surface area (Å²) < 4.78 is 12.5. The monoisotopic (exact) mass is 1240 g/mol. The fourth-order valence-corrected chi connectivity index (χ4v) is 18.2. The number of pyridine rings is 2. The zero-order valence-corrected chi connectivity index (χ0v) is 55.5. The number of anilines is 9. The maximum atomic E-state index is 7.77. The fraction of sp³-hybridized carbons (Fsp3) is 0.186. The second-order valence-corrected chi connectivity index (χ2v) is 30.6. The van der Waals surface area contributed by atoms with Crippen molar-refractivity contribution in [2.45, 2.75) is 103 Å². The first-order chi connectivity index (χ1) is 46.6. The van der Waals surface area contributed by atoms with E-state index in [1.165, 1.54) is 60.2 Å². The van der Waals surface area contributed by atoms with Crippen molar-refractivity contribution in [2.75, 3.05) is 14.7 Å². The van der Waals surface area contributed by atoms with Gasteiger partial charge in [-0.15, -0.1) is 0 Å². The maximum absolute atomic E-state index is 7.77. The van der Waals surface area contributed by atoms with Gasteiger partial charge in [0.05, 0.1) is 27.8 Å². The van der Waals surface area contributed by atoms with Crippen molar-refractivity contribution >= 4 is 141 Å². The summed E-state index contributed by atoms with van der Waals surface area (Å²) in [7, 11) is 0. The third-order valence-corrected chi connectivity index (χ3v) is 23.3. The number of benzene rings is 10. The average molecular weight is 1240 g/mol. The zero-order valence-electron chi connectivity index (χ0n) is 55.5. The SMILES string of the molecule is CC1(C)CCC(C)(C)c2cc(N3c4ccccc4B4c5cc6c(cc5Oc5nc(-n7c8ccccc8c8ccccc87)cc3c54)N(c3ccccc3)c3nc(-n4c5ccccc5c5ccccc54)cc4c3B6c3ccccc3N4c3ccc4c(c3)C(C)(C)CCC4(C)C)ccc21. The average Bonchev–Trinajstić information content (AvgIpc) is 0.929. The second-order valence-electron chi connectivity index (χ2n) is 30.6. The molecule has 2 aliphatic carbocycles. The highest BCUT2D eigenvalue weighted by Crippen LogP contribution is 2.53. The molecule has 10 aromatic carbocycles. The first kappa shape index (κ1) is 55.8. The summed E-state index contributed by atoms with van der Waals surface area (Å²) in [5.41, 5.74) is 26.0. The van der Waals surface area contributed by atoms with Crippen LogP contribution in [0.5, 0.6) is 11.6 Å².